The highest BCUT2D eigenvalue weighted by atomic mass is 32.2. The molecule has 0 atom stereocenters. The van der Waals surface area contributed by atoms with Crippen LogP contribution in [0.2, 0.25) is 0 Å². The predicted octanol–water partition coefficient (Wildman–Crippen LogP) is 2.37. The second-order valence-electron chi connectivity index (χ2n) is 5.48. The Labute approximate surface area is 142 Å². The van der Waals surface area contributed by atoms with Crippen LogP contribution >= 0.6 is 0 Å². The number of sulfonamides is 1. The van der Waals surface area contributed by atoms with Gasteiger partial charge in [-0.1, -0.05) is 12.0 Å². The summed E-state index contributed by atoms with van der Waals surface area (Å²) in [7, 11) is -3.81. The Morgan fingerprint density at radius 1 is 1.17 bits per heavy atom. The zero-order valence-corrected chi connectivity index (χ0v) is 14.2. The summed E-state index contributed by atoms with van der Waals surface area (Å²) < 4.78 is 27.3. The third kappa shape index (κ3) is 3.42. The lowest BCUT2D eigenvalue weighted by molar-refractivity contribution is 0.1000. The fourth-order valence-electron chi connectivity index (χ4n) is 2.35. The van der Waals surface area contributed by atoms with E-state index in [-0.39, 0.29) is 16.5 Å². The molecule has 0 fully saturated rings. The average molecular weight is 342 g/mol. The second-order valence-corrected chi connectivity index (χ2v) is 7.29. The molecule has 2 rings (SSSR count). The van der Waals surface area contributed by atoms with Gasteiger partial charge < -0.3 is 5.73 Å². The van der Waals surface area contributed by atoms with Crippen molar-refractivity contribution in [1.82, 2.24) is 0 Å². The van der Waals surface area contributed by atoms with Crippen molar-refractivity contribution in [3.05, 3.63) is 59.7 Å². The summed E-state index contributed by atoms with van der Waals surface area (Å²) in [5.41, 5.74) is 6.52. The monoisotopic (exact) mass is 342 g/mol. The fraction of sp³-hybridized carbons (Fsp3) is 0.167. The van der Waals surface area contributed by atoms with E-state index in [9.17, 15) is 13.2 Å². The molecular formula is C18H18N2O3S. The summed E-state index contributed by atoms with van der Waals surface area (Å²) in [5, 5.41) is 0. The standard InChI is InChI=1S/C18H18N2O3S/c1-4-14-6-5-7-16(12-14)20(13(2)3)24(22,23)17-10-8-15(9-11-17)18(19)21/h1,5-13H,2-3H3,(H2,19,21). The molecule has 2 aromatic rings. The molecule has 0 saturated carbocycles. The van der Waals surface area contributed by atoms with Crippen LogP contribution < -0.4 is 10.0 Å². The van der Waals surface area contributed by atoms with Crippen molar-refractivity contribution in [2.45, 2.75) is 24.8 Å². The highest BCUT2D eigenvalue weighted by Crippen LogP contribution is 2.27. The van der Waals surface area contributed by atoms with Crippen LogP contribution in [-0.2, 0) is 10.0 Å². The maximum Gasteiger partial charge on any atom is 0.264 e. The van der Waals surface area contributed by atoms with E-state index in [1.54, 1.807) is 38.1 Å². The van der Waals surface area contributed by atoms with E-state index in [1.807, 2.05) is 0 Å². The van der Waals surface area contributed by atoms with Gasteiger partial charge in [0.15, 0.2) is 0 Å². The van der Waals surface area contributed by atoms with Crippen LogP contribution in [0.5, 0.6) is 0 Å². The molecule has 0 saturated heterocycles. The summed E-state index contributed by atoms with van der Waals surface area (Å²) in [6, 6.07) is 12.0. The molecule has 0 aliphatic carbocycles. The summed E-state index contributed by atoms with van der Waals surface area (Å²) in [6.45, 7) is 3.55. The third-order valence-corrected chi connectivity index (χ3v) is 5.45. The smallest absolute Gasteiger partial charge is 0.264 e. The largest absolute Gasteiger partial charge is 0.366 e. The zero-order valence-electron chi connectivity index (χ0n) is 13.4. The molecule has 0 spiro atoms. The molecule has 5 nitrogen and oxygen atoms in total. The molecule has 0 aromatic heterocycles. The fourth-order valence-corrected chi connectivity index (χ4v) is 4.01. The highest BCUT2D eigenvalue weighted by molar-refractivity contribution is 7.92. The Hall–Kier alpha value is -2.78. The van der Waals surface area contributed by atoms with Gasteiger partial charge in [0.1, 0.15) is 0 Å². The number of nitrogens with two attached hydrogens (primary N) is 1. The summed E-state index contributed by atoms with van der Waals surface area (Å²) in [4.78, 5) is 11.2. The minimum absolute atomic E-state index is 0.0762. The molecule has 2 aromatic carbocycles. The van der Waals surface area contributed by atoms with Gasteiger partial charge in [0.05, 0.1) is 10.6 Å². The summed E-state index contributed by atoms with van der Waals surface area (Å²) >= 11 is 0. The number of carbonyl (C=O) groups excluding carboxylic acids is 1. The normalized spacial score (nSPS) is 11.1. The molecule has 0 aliphatic rings. The van der Waals surface area contributed by atoms with Crippen molar-refractivity contribution in [1.29, 1.82) is 0 Å². The van der Waals surface area contributed by atoms with Crippen LogP contribution in [0.1, 0.15) is 29.8 Å². The van der Waals surface area contributed by atoms with E-state index in [0.717, 1.165) is 0 Å². The van der Waals surface area contributed by atoms with Gasteiger partial charge in [-0.25, -0.2) is 8.42 Å². The number of anilines is 1. The molecule has 2 N–H and O–H groups in total. The number of carbonyl (C=O) groups is 1. The maximum absolute atomic E-state index is 13.0. The van der Waals surface area contributed by atoms with Crippen molar-refractivity contribution in [3.63, 3.8) is 0 Å². The van der Waals surface area contributed by atoms with E-state index >= 15 is 0 Å². The lowest BCUT2D eigenvalue weighted by Gasteiger charge is -2.28. The molecular weight excluding hydrogens is 324 g/mol. The van der Waals surface area contributed by atoms with Crippen LogP contribution in [0.25, 0.3) is 0 Å². The lowest BCUT2D eigenvalue weighted by atomic mass is 10.2. The number of rotatable bonds is 5. The Morgan fingerprint density at radius 3 is 2.29 bits per heavy atom. The van der Waals surface area contributed by atoms with Gasteiger partial charge in [-0.15, -0.1) is 6.42 Å². The van der Waals surface area contributed by atoms with Crippen LogP contribution in [0, 0.1) is 12.3 Å². The van der Waals surface area contributed by atoms with Crippen LogP contribution in [-0.4, -0.2) is 20.4 Å². The van der Waals surface area contributed by atoms with Crippen molar-refractivity contribution < 1.29 is 13.2 Å². The Bertz CT molecular complexity index is 895. The average Bonchev–Trinajstić information content (AvgIpc) is 2.54. The third-order valence-electron chi connectivity index (χ3n) is 3.43. The molecule has 1 amide bonds. The van der Waals surface area contributed by atoms with Gasteiger partial charge in [-0.3, -0.25) is 9.10 Å². The number of amides is 1. The van der Waals surface area contributed by atoms with Gasteiger partial charge in [-0.05, 0) is 56.3 Å². The first-order chi connectivity index (χ1) is 11.3. The molecule has 0 heterocycles. The zero-order chi connectivity index (χ0) is 17.9. The topological polar surface area (TPSA) is 80.5 Å². The first kappa shape index (κ1) is 17.6. The number of hydrogen-bond acceptors (Lipinski definition) is 3. The molecule has 0 unspecified atom stereocenters. The Balaban J connectivity index is 2.53. The van der Waals surface area contributed by atoms with E-state index in [2.05, 4.69) is 5.92 Å². The van der Waals surface area contributed by atoms with Crippen molar-refractivity contribution >= 4 is 21.6 Å². The predicted molar refractivity (Wildman–Crippen MR) is 94.1 cm³/mol. The van der Waals surface area contributed by atoms with Crippen LogP contribution in [0.4, 0.5) is 5.69 Å². The second kappa shape index (κ2) is 6.77. The number of benzene rings is 2. The van der Waals surface area contributed by atoms with Crippen LogP contribution in [0.3, 0.4) is 0 Å². The van der Waals surface area contributed by atoms with Gasteiger partial charge >= 0.3 is 0 Å². The number of terminal acetylenes is 1. The number of primary amides is 1. The van der Waals surface area contributed by atoms with Gasteiger partial charge in [0.25, 0.3) is 10.0 Å². The lowest BCUT2D eigenvalue weighted by Crippen LogP contribution is -2.37. The minimum atomic E-state index is -3.81. The number of nitrogens with zero attached hydrogens (tertiary/aromatic N) is 1. The van der Waals surface area contributed by atoms with Crippen molar-refractivity contribution in [2.75, 3.05) is 4.31 Å². The minimum Gasteiger partial charge on any atom is -0.366 e. The maximum atomic E-state index is 13.0. The highest BCUT2D eigenvalue weighted by Gasteiger charge is 2.27. The van der Waals surface area contributed by atoms with Gasteiger partial charge in [-0.2, -0.15) is 0 Å². The van der Waals surface area contributed by atoms with Gasteiger partial charge in [0, 0.05) is 17.2 Å². The van der Waals surface area contributed by atoms with E-state index < -0.39 is 15.9 Å². The van der Waals surface area contributed by atoms with E-state index in [0.29, 0.717) is 11.3 Å². The van der Waals surface area contributed by atoms with E-state index in [4.69, 9.17) is 12.2 Å². The first-order valence-corrected chi connectivity index (χ1v) is 8.72. The molecule has 0 bridgehead atoms. The quantitative estimate of drug-likeness (QED) is 0.847. The Kier molecular flexibility index (Phi) is 4.96. The van der Waals surface area contributed by atoms with Gasteiger partial charge in [0.2, 0.25) is 5.91 Å². The molecule has 0 aliphatic heterocycles. The van der Waals surface area contributed by atoms with Crippen molar-refractivity contribution in [3.8, 4) is 12.3 Å². The number of hydrogen-bond donors (Lipinski definition) is 1. The molecule has 0 radical (unpaired) electrons. The van der Waals surface area contributed by atoms with Crippen LogP contribution in [0.15, 0.2) is 53.4 Å². The molecule has 124 valence electrons. The Morgan fingerprint density at radius 2 is 1.79 bits per heavy atom. The molecule has 24 heavy (non-hydrogen) atoms. The summed E-state index contributed by atoms with van der Waals surface area (Å²) in [5.74, 6) is 1.89. The first-order valence-electron chi connectivity index (χ1n) is 7.28. The van der Waals surface area contributed by atoms with Crippen molar-refractivity contribution in [2.24, 2.45) is 5.73 Å². The molecule has 6 heteroatoms. The SMILES string of the molecule is C#Cc1cccc(N(C(C)C)S(=O)(=O)c2ccc(C(N)=O)cc2)c1. The van der Waals surface area contributed by atoms with E-state index in [1.165, 1.54) is 28.6 Å². The summed E-state index contributed by atoms with van der Waals surface area (Å²) in [6.07, 6.45) is 5.40.